The number of carbonyl (C=O) groups is 2. The predicted octanol–water partition coefficient (Wildman–Crippen LogP) is 4.78. The summed E-state index contributed by atoms with van der Waals surface area (Å²) in [6, 6.07) is 0. The Morgan fingerprint density at radius 3 is 1.67 bits per heavy atom. The van der Waals surface area contributed by atoms with Crippen LogP contribution in [0.5, 0.6) is 0 Å². The Balaban J connectivity index is -0.0000000998. The Morgan fingerprint density at radius 2 is 1.52 bits per heavy atom. The largest absolute Gasteiger partial charge is 0.478 e. The third-order valence-corrected chi connectivity index (χ3v) is 2.08. The van der Waals surface area contributed by atoms with E-state index in [1.807, 2.05) is 0 Å². The van der Waals surface area contributed by atoms with E-state index in [0.717, 1.165) is 6.08 Å². The van der Waals surface area contributed by atoms with E-state index < -0.39 is 11.9 Å². The lowest BCUT2D eigenvalue weighted by molar-refractivity contribution is -0.133. The SMILES string of the molecule is C=C(C)C(=O)O.C=CC(=O)O.[CH2]C.[CH2]C(CC)CCCC. The van der Waals surface area contributed by atoms with Gasteiger partial charge >= 0.3 is 11.9 Å². The maximum Gasteiger partial charge on any atom is 0.330 e. The first-order valence-corrected chi connectivity index (χ1v) is 7.00. The van der Waals surface area contributed by atoms with Gasteiger partial charge in [-0.25, -0.2) is 9.59 Å². The second kappa shape index (κ2) is 23.5. The van der Waals surface area contributed by atoms with Gasteiger partial charge in [0.25, 0.3) is 0 Å². The average Bonchev–Trinajstić information content (AvgIpc) is 2.47. The predicted molar refractivity (Wildman–Crippen MR) is 90.0 cm³/mol. The van der Waals surface area contributed by atoms with Gasteiger partial charge in [0.2, 0.25) is 0 Å². The van der Waals surface area contributed by atoms with Crippen molar-refractivity contribution in [2.75, 3.05) is 0 Å². The summed E-state index contributed by atoms with van der Waals surface area (Å²) in [6.45, 7) is 21.0. The molecule has 21 heavy (non-hydrogen) atoms. The van der Waals surface area contributed by atoms with Crippen molar-refractivity contribution in [1.82, 2.24) is 0 Å². The second-order valence-electron chi connectivity index (χ2n) is 4.04. The molecular weight excluding hydrogens is 268 g/mol. The first-order chi connectivity index (χ1) is 9.72. The van der Waals surface area contributed by atoms with Gasteiger partial charge in [-0.2, -0.15) is 0 Å². The van der Waals surface area contributed by atoms with Gasteiger partial charge in [-0.3, -0.25) is 0 Å². The zero-order chi connectivity index (χ0) is 17.8. The second-order valence-corrected chi connectivity index (χ2v) is 4.04. The van der Waals surface area contributed by atoms with Crippen LogP contribution in [0.4, 0.5) is 0 Å². The highest BCUT2D eigenvalue weighted by atomic mass is 16.4. The molecular formula is C17H32O4. The lowest BCUT2D eigenvalue weighted by Crippen LogP contribution is -1.92. The third kappa shape index (κ3) is 45.7. The summed E-state index contributed by atoms with van der Waals surface area (Å²) in [5.41, 5.74) is 0.176. The summed E-state index contributed by atoms with van der Waals surface area (Å²) in [6.07, 6.45) is 6.04. The zero-order valence-electron chi connectivity index (χ0n) is 14.0. The number of hydrogen-bond donors (Lipinski definition) is 2. The number of unbranched alkanes of at least 4 members (excludes halogenated alkanes) is 1. The van der Waals surface area contributed by atoms with E-state index in [1.165, 1.54) is 32.6 Å². The summed E-state index contributed by atoms with van der Waals surface area (Å²) >= 11 is 0. The third-order valence-electron chi connectivity index (χ3n) is 2.08. The molecule has 4 nitrogen and oxygen atoms in total. The Kier molecular flexibility index (Phi) is 31.0. The van der Waals surface area contributed by atoms with Crippen molar-refractivity contribution in [1.29, 1.82) is 0 Å². The fourth-order valence-electron chi connectivity index (χ4n) is 0.697. The highest BCUT2D eigenvalue weighted by Gasteiger charge is 1.94. The summed E-state index contributed by atoms with van der Waals surface area (Å²) in [5.74, 6) is -1.21. The Morgan fingerprint density at radius 1 is 1.19 bits per heavy atom. The van der Waals surface area contributed by atoms with Crippen LogP contribution in [0.1, 0.15) is 53.4 Å². The monoisotopic (exact) mass is 300 g/mol. The molecule has 0 amide bonds. The van der Waals surface area contributed by atoms with Crippen LogP contribution in [0.3, 0.4) is 0 Å². The smallest absolute Gasteiger partial charge is 0.330 e. The summed E-state index contributed by atoms with van der Waals surface area (Å²) in [4.78, 5) is 18.8. The Hall–Kier alpha value is -1.58. The van der Waals surface area contributed by atoms with E-state index in [1.54, 1.807) is 6.92 Å². The standard InChI is InChI=1S/C8H17.C4H6O2.C3H4O2.C2H5/c1-4-6-7-8(3)5-2;1-3(2)4(5)6;1-2-3(4)5;1-2/h8H,3-7H2,1-2H3;1H2,2H3,(H,5,6);2H,1H2,(H,4,5);1H2,2H3. The van der Waals surface area contributed by atoms with E-state index in [0.29, 0.717) is 5.92 Å². The van der Waals surface area contributed by atoms with Crippen molar-refractivity contribution in [2.45, 2.75) is 53.4 Å². The zero-order valence-corrected chi connectivity index (χ0v) is 14.0. The van der Waals surface area contributed by atoms with Crippen LogP contribution in [0, 0.1) is 19.8 Å². The van der Waals surface area contributed by atoms with Crippen molar-refractivity contribution in [3.63, 3.8) is 0 Å². The van der Waals surface area contributed by atoms with E-state index in [-0.39, 0.29) is 5.57 Å². The van der Waals surface area contributed by atoms with Gasteiger partial charge in [-0.1, -0.05) is 73.5 Å². The van der Waals surface area contributed by atoms with E-state index >= 15 is 0 Å². The fraction of sp³-hybridized carbons (Fsp3) is 0.529. The average molecular weight is 300 g/mol. The van der Waals surface area contributed by atoms with Crippen molar-refractivity contribution >= 4 is 11.9 Å². The van der Waals surface area contributed by atoms with Gasteiger partial charge in [0.05, 0.1) is 0 Å². The molecule has 0 aromatic heterocycles. The minimum Gasteiger partial charge on any atom is -0.478 e. The molecule has 0 aliphatic carbocycles. The first-order valence-electron chi connectivity index (χ1n) is 7.00. The number of carboxylic acid groups (broad SMARTS) is 2. The van der Waals surface area contributed by atoms with Crippen LogP contribution in [0.15, 0.2) is 24.8 Å². The molecule has 0 bridgehead atoms. The molecule has 0 fully saturated rings. The molecule has 4 heteroatoms. The van der Waals surface area contributed by atoms with E-state index in [9.17, 15) is 9.59 Å². The van der Waals surface area contributed by atoms with Gasteiger partial charge in [-0.05, 0) is 12.8 Å². The highest BCUT2D eigenvalue weighted by Crippen LogP contribution is 2.09. The van der Waals surface area contributed by atoms with Gasteiger partial charge in [0, 0.05) is 11.6 Å². The Labute approximate surface area is 130 Å². The minimum absolute atomic E-state index is 0.176. The molecule has 124 valence electrons. The molecule has 0 spiro atoms. The lowest BCUT2D eigenvalue weighted by Gasteiger charge is -2.04. The topological polar surface area (TPSA) is 74.6 Å². The number of hydrogen-bond acceptors (Lipinski definition) is 2. The quantitative estimate of drug-likeness (QED) is 0.692. The molecule has 0 aliphatic rings. The molecule has 0 aromatic carbocycles. The van der Waals surface area contributed by atoms with Crippen LogP contribution in [-0.2, 0) is 9.59 Å². The van der Waals surface area contributed by atoms with Gasteiger partial charge in [0.15, 0.2) is 0 Å². The van der Waals surface area contributed by atoms with Gasteiger partial charge in [0.1, 0.15) is 0 Å². The van der Waals surface area contributed by atoms with Crippen molar-refractivity contribution in [3.8, 4) is 0 Å². The molecule has 2 radical (unpaired) electrons. The summed E-state index contributed by atoms with van der Waals surface area (Å²) in [5, 5.41) is 15.5. The normalized spacial score (nSPS) is 9.24. The first kappa shape index (κ1) is 27.7. The van der Waals surface area contributed by atoms with Gasteiger partial charge < -0.3 is 10.2 Å². The molecule has 1 atom stereocenters. The summed E-state index contributed by atoms with van der Waals surface area (Å²) in [7, 11) is 0. The molecule has 0 aliphatic heterocycles. The summed E-state index contributed by atoms with van der Waals surface area (Å²) < 4.78 is 0. The van der Waals surface area contributed by atoms with Gasteiger partial charge in [-0.15, -0.1) is 0 Å². The lowest BCUT2D eigenvalue weighted by atomic mass is 10.0. The van der Waals surface area contributed by atoms with Crippen LogP contribution >= 0.6 is 0 Å². The van der Waals surface area contributed by atoms with Crippen LogP contribution in [-0.4, -0.2) is 22.2 Å². The fourth-order valence-corrected chi connectivity index (χ4v) is 0.697. The maximum atomic E-state index is 9.60. The molecule has 0 saturated heterocycles. The number of carboxylic acids is 2. The van der Waals surface area contributed by atoms with Crippen LogP contribution < -0.4 is 0 Å². The van der Waals surface area contributed by atoms with E-state index in [2.05, 4.69) is 40.9 Å². The Bertz CT molecular complexity index is 258. The maximum absolute atomic E-state index is 9.60. The minimum atomic E-state index is -0.981. The van der Waals surface area contributed by atoms with E-state index in [4.69, 9.17) is 10.2 Å². The molecule has 0 rings (SSSR count). The highest BCUT2D eigenvalue weighted by molar-refractivity contribution is 5.84. The van der Waals surface area contributed by atoms with Crippen LogP contribution in [0.25, 0.3) is 0 Å². The van der Waals surface area contributed by atoms with Crippen LogP contribution in [0.2, 0.25) is 0 Å². The molecule has 0 saturated carbocycles. The molecule has 2 N–H and O–H groups in total. The molecule has 0 heterocycles. The molecule has 1 unspecified atom stereocenters. The van der Waals surface area contributed by atoms with Crippen molar-refractivity contribution in [2.24, 2.45) is 5.92 Å². The van der Waals surface area contributed by atoms with Crippen molar-refractivity contribution < 1.29 is 19.8 Å². The van der Waals surface area contributed by atoms with Crippen molar-refractivity contribution in [3.05, 3.63) is 38.7 Å². The number of aliphatic carboxylic acids is 2. The number of rotatable bonds is 6. The molecule has 0 aromatic rings.